The Morgan fingerprint density at radius 3 is 1.53 bits per heavy atom. The minimum Gasteiger partial charge on any atom is -0.309 e. The molecule has 0 aliphatic heterocycles. The summed E-state index contributed by atoms with van der Waals surface area (Å²) in [7, 11) is 0. The molecule has 60 heavy (non-hydrogen) atoms. The Balaban J connectivity index is 1.20. The fourth-order valence-electron chi connectivity index (χ4n) is 10.8. The Morgan fingerprint density at radius 2 is 0.833 bits per heavy atom. The van der Waals surface area contributed by atoms with Gasteiger partial charge in [-0.1, -0.05) is 135 Å². The zero-order chi connectivity index (χ0) is 39.7. The van der Waals surface area contributed by atoms with Crippen molar-refractivity contribution in [1.82, 2.24) is 13.7 Å². The van der Waals surface area contributed by atoms with Crippen molar-refractivity contribution < 1.29 is 0 Å². The van der Waals surface area contributed by atoms with Gasteiger partial charge < -0.3 is 13.7 Å². The molecular weight excluding hydrogens is 727 g/mol. The van der Waals surface area contributed by atoms with Gasteiger partial charge in [-0.25, -0.2) is 0 Å². The van der Waals surface area contributed by atoms with Gasteiger partial charge in [-0.2, -0.15) is 0 Å². The van der Waals surface area contributed by atoms with Crippen LogP contribution in [-0.2, 0) is 5.41 Å². The lowest BCUT2D eigenvalue weighted by molar-refractivity contribution is 0.661. The number of rotatable bonds is 4. The van der Waals surface area contributed by atoms with Crippen LogP contribution in [0.4, 0.5) is 0 Å². The number of aromatic nitrogens is 3. The van der Waals surface area contributed by atoms with Crippen molar-refractivity contribution in [3.05, 3.63) is 211 Å². The normalized spacial score (nSPS) is 13.3. The van der Waals surface area contributed by atoms with E-state index in [9.17, 15) is 0 Å². The molecule has 9 aromatic carbocycles. The monoisotopic (exact) mass is 765 g/mol. The first-order valence-electron chi connectivity index (χ1n) is 20.9. The van der Waals surface area contributed by atoms with Gasteiger partial charge in [0.05, 0.1) is 33.1 Å². The van der Waals surface area contributed by atoms with E-state index in [0.29, 0.717) is 0 Å². The van der Waals surface area contributed by atoms with Gasteiger partial charge in [0, 0.05) is 54.8 Å². The molecule has 0 atom stereocenters. The first kappa shape index (κ1) is 33.4. The Hall–Kier alpha value is -7.62. The molecule has 0 fully saturated rings. The van der Waals surface area contributed by atoms with Crippen LogP contribution in [0.25, 0.3) is 105 Å². The van der Waals surface area contributed by atoms with Gasteiger partial charge in [-0.3, -0.25) is 0 Å². The van der Waals surface area contributed by atoms with E-state index in [1.165, 1.54) is 104 Å². The molecule has 0 saturated heterocycles. The number of hydrogen-bond donors (Lipinski definition) is 0. The summed E-state index contributed by atoms with van der Waals surface area (Å²) in [6.45, 7) is 4.75. The lowest BCUT2D eigenvalue weighted by Gasteiger charge is -2.21. The van der Waals surface area contributed by atoms with Crippen LogP contribution in [0.2, 0.25) is 0 Å². The van der Waals surface area contributed by atoms with Crippen molar-refractivity contribution in [2.24, 2.45) is 0 Å². The van der Waals surface area contributed by atoms with Crippen molar-refractivity contribution in [1.29, 1.82) is 0 Å². The van der Waals surface area contributed by atoms with E-state index in [-0.39, 0.29) is 5.41 Å². The summed E-state index contributed by atoms with van der Waals surface area (Å²) in [5.74, 6) is 0. The highest BCUT2D eigenvalue weighted by molar-refractivity contribution is 6.28. The molecule has 0 bridgehead atoms. The summed E-state index contributed by atoms with van der Waals surface area (Å²) in [5.41, 5.74) is 18.5. The number of nitrogens with zero attached hydrogens (tertiary/aromatic N) is 3. The predicted molar refractivity (Wildman–Crippen MR) is 252 cm³/mol. The lowest BCUT2D eigenvalue weighted by Crippen LogP contribution is -2.14. The van der Waals surface area contributed by atoms with Crippen molar-refractivity contribution in [2.75, 3.05) is 0 Å². The van der Waals surface area contributed by atoms with Crippen LogP contribution in [0.1, 0.15) is 25.0 Å². The van der Waals surface area contributed by atoms with Gasteiger partial charge in [-0.15, -0.1) is 0 Å². The van der Waals surface area contributed by atoms with Crippen molar-refractivity contribution in [2.45, 2.75) is 19.3 Å². The molecule has 1 aliphatic carbocycles. The molecule has 3 heteroatoms. The van der Waals surface area contributed by atoms with Gasteiger partial charge in [0.2, 0.25) is 0 Å². The van der Waals surface area contributed by atoms with Gasteiger partial charge in [0.1, 0.15) is 0 Å². The number of hydrogen-bond acceptors (Lipinski definition) is 0. The van der Waals surface area contributed by atoms with Crippen LogP contribution in [0.15, 0.2) is 200 Å². The van der Waals surface area contributed by atoms with Crippen LogP contribution in [-0.4, -0.2) is 13.7 Å². The molecule has 3 heterocycles. The average Bonchev–Trinajstić information content (AvgIpc) is 4.00. The van der Waals surface area contributed by atoms with E-state index in [1.807, 2.05) is 0 Å². The maximum atomic E-state index is 2.50. The summed E-state index contributed by atoms with van der Waals surface area (Å²) >= 11 is 0. The Kier molecular flexibility index (Phi) is 6.78. The molecule has 3 nitrogen and oxygen atoms in total. The van der Waals surface area contributed by atoms with Gasteiger partial charge >= 0.3 is 0 Å². The van der Waals surface area contributed by atoms with Crippen LogP contribution in [0.3, 0.4) is 0 Å². The number of fused-ring (bicyclic) bond motifs is 13. The summed E-state index contributed by atoms with van der Waals surface area (Å²) in [6.07, 6.45) is 0. The largest absolute Gasteiger partial charge is 0.309 e. The minimum absolute atomic E-state index is 0.101. The highest BCUT2D eigenvalue weighted by Crippen LogP contribution is 2.52. The number of para-hydroxylation sites is 5. The molecule has 13 rings (SSSR count). The SMILES string of the molecule is CC1(C)c2ccccc2-c2cc3c4cc(-c5cc6c7ccccc7n(-c7ccccc7)c6c6c5c5ccccc5n6-c5ccccc5)ccc4n(-c4ccccc4)c3cc21. The molecule has 3 aromatic heterocycles. The topological polar surface area (TPSA) is 14.8 Å². The van der Waals surface area contributed by atoms with Crippen LogP contribution >= 0.6 is 0 Å². The quantitative estimate of drug-likeness (QED) is 0.169. The molecule has 12 aromatic rings. The standard InChI is InChI=1S/C57H39N3/c1-57(2)48-27-15-12-24-40(48)44-34-46-45-32-36(30-31-52(45)58(53(46)35-49(44)57)37-18-6-3-7-19-37)43-33-47-41-25-13-16-28-50(41)59(38-20-8-4-9-21-38)55(47)56-54(43)42-26-14-17-29-51(42)60(56)39-22-10-5-11-23-39/h3-35H,1-2H3. The summed E-state index contributed by atoms with van der Waals surface area (Å²) in [5, 5.41) is 7.49. The maximum Gasteiger partial charge on any atom is 0.0795 e. The molecule has 1 aliphatic rings. The summed E-state index contributed by atoms with van der Waals surface area (Å²) < 4.78 is 7.45. The maximum absolute atomic E-state index is 2.50. The smallest absolute Gasteiger partial charge is 0.0795 e. The van der Waals surface area contributed by atoms with E-state index < -0.39 is 0 Å². The number of benzene rings is 9. The van der Waals surface area contributed by atoms with E-state index in [1.54, 1.807) is 0 Å². The second-order valence-corrected chi connectivity index (χ2v) is 16.9. The van der Waals surface area contributed by atoms with Gasteiger partial charge in [-0.05, 0) is 112 Å². The van der Waals surface area contributed by atoms with Crippen LogP contribution < -0.4 is 0 Å². The van der Waals surface area contributed by atoms with Crippen LogP contribution in [0, 0.1) is 0 Å². The van der Waals surface area contributed by atoms with Crippen molar-refractivity contribution in [3.8, 4) is 39.3 Å². The molecule has 0 N–H and O–H groups in total. The molecular formula is C57H39N3. The molecule has 282 valence electrons. The second kappa shape index (κ2) is 12.2. The zero-order valence-corrected chi connectivity index (χ0v) is 33.4. The van der Waals surface area contributed by atoms with E-state index >= 15 is 0 Å². The fourth-order valence-corrected chi connectivity index (χ4v) is 10.8. The van der Waals surface area contributed by atoms with Gasteiger partial charge in [0.25, 0.3) is 0 Å². The third kappa shape index (κ3) is 4.44. The van der Waals surface area contributed by atoms with E-state index in [0.717, 1.165) is 11.4 Å². The van der Waals surface area contributed by atoms with Gasteiger partial charge in [0.15, 0.2) is 0 Å². The highest BCUT2D eigenvalue weighted by Gasteiger charge is 2.36. The Morgan fingerprint density at radius 1 is 0.317 bits per heavy atom. The van der Waals surface area contributed by atoms with Crippen molar-refractivity contribution in [3.63, 3.8) is 0 Å². The molecule has 0 radical (unpaired) electrons. The third-order valence-electron chi connectivity index (χ3n) is 13.4. The second-order valence-electron chi connectivity index (χ2n) is 16.9. The predicted octanol–water partition coefficient (Wildman–Crippen LogP) is 15.0. The molecule has 0 unspecified atom stereocenters. The fraction of sp³-hybridized carbons (Fsp3) is 0.0526. The summed E-state index contributed by atoms with van der Waals surface area (Å²) in [4.78, 5) is 0. The Bertz CT molecular complexity index is 3710. The third-order valence-corrected chi connectivity index (χ3v) is 13.4. The van der Waals surface area contributed by atoms with Crippen molar-refractivity contribution >= 4 is 65.4 Å². The highest BCUT2D eigenvalue weighted by atomic mass is 15.0. The lowest BCUT2D eigenvalue weighted by atomic mass is 9.82. The summed E-state index contributed by atoms with van der Waals surface area (Å²) in [6, 6.07) is 74.1. The Labute approximate surface area is 347 Å². The first-order chi connectivity index (χ1) is 29.6. The van der Waals surface area contributed by atoms with Crippen LogP contribution in [0.5, 0.6) is 0 Å². The average molecular weight is 766 g/mol. The van der Waals surface area contributed by atoms with E-state index in [4.69, 9.17) is 0 Å². The minimum atomic E-state index is -0.101. The molecule has 0 saturated carbocycles. The molecule has 0 spiro atoms. The zero-order valence-electron chi connectivity index (χ0n) is 33.4. The first-order valence-corrected chi connectivity index (χ1v) is 20.9. The van der Waals surface area contributed by atoms with E-state index in [2.05, 4.69) is 228 Å². The molecule has 0 amide bonds.